The molecule has 0 aliphatic heterocycles. The van der Waals surface area contributed by atoms with Gasteiger partial charge in [-0.2, -0.15) is 0 Å². The summed E-state index contributed by atoms with van der Waals surface area (Å²) in [6, 6.07) is 17.4. The minimum atomic E-state index is -0.871. The lowest BCUT2D eigenvalue weighted by atomic mass is 10.1. The van der Waals surface area contributed by atoms with Crippen LogP contribution in [-0.4, -0.2) is 29.1 Å². The van der Waals surface area contributed by atoms with E-state index in [1.54, 1.807) is 13.8 Å². The number of carbonyl (C=O) groups is 2. The van der Waals surface area contributed by atoms with Crippen LogP contribution in [0, 0.1) is 0 Å². The minimum absolute atomic E-state index is 0.0254. The summed E-state index contributed by atoms with van der Waals surface area (Å²) in [4.78, 5) is 22.7. The third-order valence-electron chi connectivity index (χ3n) is 3.82. The highest BCUT2D eigenvalue weighted by Crippen LogP contribution is 2.22. The molecule has 132 valence electrons. The van der Waals surface area contributed by atoms with Gasteiger partial charge in [0.05, 0.1) is 0 Å². The Morgan fingerprint density at radius 2 is 1.60 bits per heavy atom. The number of carbonyl (C=O) groups excluding carboxylic acids is 1. The third-order valence-corrected chi connectivity index (χ3v) is 3.82. The molecule has 0 bridgehead atoms. The van der Waals surface area contributed by atoms with Crippen molar-refractivity contribution >= 4 is 11.9 Å². The maximum atomic E-state index is 12.1. The van der Waals surface area contributed by atoms with E-state index in [1.807, 2.05) is 54.6 Å². The van der Waals surface area contributed by atoms with Crippen LogP contribution in [-0.2, 0) is 9.59 Å². The SMILES string of the molecule is CC(CCC(=O)O)NC(=O)C(C)Oc1ccc(-c2ccccc2)cc1. The molecule has 2 atom stereocenters. The first-order valence-electron chi connectivity index (χ1n) is 8.30. The van der Waals surface area contributed by atoms with Gasteiger partial charge in [0.1, 0.15) is 5.75 Å². The predicted molar refractivity (Wildman–Crippen MR) is 96.4 cm³/mol. The lowest BCUT2D eigenvalue weighted by Gasteiger charge is -2.18. The molecule has 0 heterocycles. The molecule has 0 aliphatic carbocycles. The topological polar surface area (TPSA) is 75.6 Å². The Kier molecular flexibility index (Phi) is 6.57. The largest absolute Gasteiger partial charge is 0.481 e. The van der Waals surface area contributed by atoms with Crippen molar-refractivity contribution in [3.8, 4) is 16.9 Å². The third kappa shape index (κ3) is 5.95. The highest BCUT2D eigenvalue weighted by Gasteiger charge is 2.17. The van der Waals surface area contributed by atoms with E-state index in [0.29, 0.717) is 12.2 Å². The fourth-order valence-electron chi connectivity index (χ4n) is 2.39. The Morgan fingerprint density at radius 3 is 2.20 bits per heavy atom. The van der Waals surface area contributed by atoms with Gasteiger partial charge in [-0.15, -0.1) is 0 Å². The molecule has 0 radical (unpaired) electrons. The van der Waals surface area contributed by atoms with E-state index >= 15 is 0 Å². The zero-order chi connectivity index (χ0) is 18.2. The summed E-state index contributed by atoms with van der Waals surface area (Å²) in [6.45, 7) is 3.45. The highest BCUT2D eigenvalue weighted by molar-refractivity contribution is 5.81. The van der Waals surface area contributed by atoms with Crippen molar-refractivity contribution in [1.29, 1.82) is 0 Å². The number of hydrogen-bond donors (Lipinski definition) is 2. The van der Waals surface area contributed by atoms with Gasteiger partial charge in [-0.1, -0.05) is 42.5 Å². The fraction of sp³-hybridized carbons (Fsp3) is 0.300. The second-order valence-corrected chi connectivity index (χ2v) is 5.99. The first kappa shape index (κ1) is 18.5. The maximum Gasteiger partial charge on any atom is 0.303 e. The average molecular weight is 341 g/mol. The molecule has 0 saturated heterocycles. The van der Waals surface area contributed by atoms with Crippen LogP contribution in [0.2, 0.25) is 0 Å². The van der Waals surface area contributed by atoms with Gasteiger partial charge in [0.15, 0.2) is 6.10 Å². The first-order valence-corrected chi connectivity index (χ1v) is 8.30. The molecule has 2 aromatic rings. The van der Waals surface area contributed by atoms with E-state index in [1.165, 1.54) is 0 Å². The zero-order valence-electron chi connectivity index (χ0n) is 14.4. The minimum Gasteiger partial charge on any atom is -0.481 e. The predicted octanol–water partition coefficient (Wildman–Crippen LogP) is 3.49. The van der Waals surface area contributed by atoms with Crippen molar-refractivity contribution in [3.05, 3.63) is 54.6 Å². The smallest absolute Gasteiger partial charge is 0.303 e. The molecule has 0 spiro atoms. The van der Waals surface area contributed by atoms with Crippen LogP contribution in [0.1, 0.15) is 26.7 Å². The molecule has 2 unspecified atom stereocenters. The molecule has 0 saturated carbocycles. The van der Waals surface area contributed by atoms with E-state index in [-0.39, 0.29) is 18.4 Å². The van der Waals surface area contributed by atoms with Gasteiger partial charge in [0.2, 0.25) is 0 Å². The van der Waals surface area contributed by atoms with Crippen molar-refractivity contribution in [3.63, 3.8) is 0 Å². The Labute approximate surface area is 147 Å². The summed E-state index contributed by atoms with van der Waals surface area (Å²) in [5, 5.41) is 11.4. The number of amides is 1. The van der Waals surface area contributed by atoms with Gasteiger partial charge in [-0.05, 0) is 43.5 Å². The van der Waals surface area contributed by atoms with E-state index in [4.69, 9.17) is 9.84 Å². The van der Waals surface area contributed by atoms with E-state index in [2.05, 4.69) is 5.32 Å². The van der Waals surface area contributed by atoms with Gasteiger partial charge in [-0.3, -0.25) is 9.59 Å². The molecule has 2 N–H and O–H groups in total. The molecule has 1 amide bonds. The maximum absolute atomic E-state index is 12.1. The molecule has 5 heteroatoms. The number of carboxylic acids is 1. The second kappa shape index (κ2) is 8.87. The summed E-state index contributed by atoms with van der Waals surface area (Å²) in [6.07, 6.45) is -0.244. The Hall–Kier alpha value is -2.82. The molecule has 2 aromatic carbocycles. The van der Waals surface area contributed by atoms with E-state index in [0.717, 1.165) is 11.1 Å². The van der Waals surface area contributed by atoms with Crippen molar-refractivity contribution in [2.75, 3.05) is 0 Å². The molecule has 0 aromatic heterocycles. The molecular formula is C20H23NO4. The van der Waals surface area contributed by atoms with Crippen LogP contribution in [0.3, 0.4) is 0 Å². The normalized spacial score (nSPS) is 12.9. The number of hydrogen-bond acceptors (Lipinski definition) is 3. The number of ether oxygens (including phenoxy) is 1. The van der Waals surface area contributed by atoms with Crippen molar-refractivity contribution in [1.82, 2.24) is 5.32 Å². The van der Waals surface area contributed by atoms with Crippen LogP contribution in [0.15, 0.2) is 54.6 Å². The summed E-state index contributed by atoms with van der Waals surface area (Å²) >= 11 is 0. The first-order chi connectivity index (χ1) is 12.0. The fourth-order valence-corrected chi connectivity index (χ4v) is 2.39. The summed E-state index contributed by atoms with van der Waals surface area (Å²) < 4.78 is 5.67. The molecule has 0 fully saturated rings. The molecule has 2 rings (SSSR count). The number of carboxylic acid groups (broad SMARTS) is 1. The Bertz CT molecular complexity index is 697. The molecular weight excluding hydrogens is 318 g/mol. The summed E-state index contributed by atoms with van der Waals surface area (Å²) in [5.74, 6) is -0.519. The van der Waals surface area contributed by atoms with Gasteiger partial charge in [0, 0.05) is 12.5 Å². The lowest BCUT2D eigenvalue weighted by molar-refractivity contribution is -0.137. The van der Waals surface area contributed by atoms with Crippen molar-refractivity contribution in [2.24, 2.45) is 0 Å². The van der Waals surface area contributed by atoms with Gasteiger partial charge in [0.25, 0.3) is 5.91 Å². The van der Waals surface area contributed by atoms with Crippen LogP contribution in [0.5, 0.6) is 5.75 Å². The zero-order valence-corrected chi connectivity index (χ0v) is 14.4. The number of benzene rings is 2. The standard InChI is InChI=1S/C20H23NO4/c1-14(8-13-19(22)23)21-20(24)15(2)25-18-11-9-17(10-12-18)16-6-4-3-5-7-16/h3-7,9-12,14-15H,8,13H2,1-2H3,(H,21,24)(H,22,23). The number of rotatable bonds is 8. The number of aliphatic carboxylic acids is 1. The summed E-state index contributed by atoms with van der Waals surface area (Å²) in [5.41, 5.74) is 2.19. The Morgan fingerprint density at radius 1 is 1.00 bits per heavy atom. The van der Waals surface area contributed by atoms with Crippen LogP contribution < -0.4 is 10.1 Å². The van der Waals surface area contributed by atoms with Crippen LogP contribution >= 0.6 is 0 Å². The van der Waals surface area contributed by atoms with E-state index < -0.39 is 12.1 Å². The monoisotopic (exact) mass is 341 g/mol. The van der Waals surface area contributed by atoms with Gasteiger partial charge < -0.3 is 15.2 Å². The Balaban J connectivity index is 1.88. The van der Waals surface area contributed by atoms with E-state index in [9.17, 15) is 9.59 Å². The summed E-state index contributed by atoms with van der Waals surface area (Å²) in [7, 11) is 0. The molecule has 0 aliphatic rings. The quantitative estimate of drug-likeness (QED) is 0.771. The van der Waals surface area contributed by atoms with Crippen molar-refractivity contribution in [2.45, 2.75) is 38.8 Å². The molecule has 25 heavy (non-hydrogen) atoms. The van der Waals surface area contributed by atoms with Crippen LogP contribution in [0.25, 0.3) is 11.1 Å². The van der Waals surface area contributed by atoms with Gasteiger partial charge >= 0.3 is 5.97 Å². The highest BCUT2D eigenvalue weighted by atomic mass is 16.5. The lowest BCUT2D eigenvalue weighted by Crippen LogP contribution is -2.41. The molecule has 5 nitrogen and oxygen atoms in total. The van der Waals surface area contributed by atoms with Gasteiger partial charge in [-0.25, -0.2) is 0 Å². The second-order valence-electron chi connectivity index (χ2n) is 5.99. The van der Waals surface area contributed by atoms with Crippen LogP contribution in [0.4, 0.5) is 0 Å². The average Bonchev–Trinajstić information content (AvgIpc) is 2.61. The van der Waals surface area contributed by atoms with Crippen molar-refractivity contribution < 1.29 is 19.4 Å². The number of nitrogens with one attached hydrogen (secondary N) is 1.